The van der Waals surface area contributed by atoms with E-state index >= 15 is 0 Å². The molecule has 1 aromatic heterocycles. The summed E-state index contributed by atoms with van der Waals surface area (Å²) in [5.41, 5.74) is 0. The van der Waals surface area contributed by atoms with Crippen molar-refractivity contribution in [1.82, 2.24) is 15.1 Å². The summed E-state index contributed by atoms with van der Waals surface area (Å²) in [6.07, 6.45) is 1.07. The number of hydrogen-bond donors (Lipinski definition) is 1. The maximum Gasteiger partial charge on any atom is 0.193 e. The number of likely N-dealkylation sites (N-methyl/N-ethyl adjacent to an activating group) is 1. The zero-order valence-corrected chi connectivity index (χ0v) is 19.8. The second-order valence-corrected chi connectivity index (χ2v) is 7.94. The van der Waals surface area contributed by atoms with Gasteiger partial charge in [0.05, 0.1) is 19.8 Å². The first-order valence-electron chi connectivity index (χ1n) is 9.45. The van der Waals surface area contributed by atoms with Crippen LogP contribution in [-0.4, -0.2) is 74.8 Å². The predicted octanol–water partition coefficient (Wildman–Crippen LogP) is 3.16. The normalized spacial score (nSPS) is 17.0. The summed E-state index contributed by atoms with van der Waals surface area (Å²) in [5.74, 6) is 1.60. The van der Waals surface area contributed by atoms with Crippen molar-refractivity contribution in [3.05, 3.63) is 22.4 Å². The molecule has 7 heteroatoms. The van der Waals surface area contributed by atoms with Crippen molar-refractivity contribution in [2.75, 3.05) is 53.0 Å². The van der Waals surface area contributed by atoms with E-state index in [1.165, 1.54) is 4.88 Å². The van der Waals surface area contributed by atoms with Crippen molar-refractivity contribution in [2.45, 2.75) is 33.2 Å². The van der Waals surface area contributed by atoms with Crippen LogP contribution in [-0.2, 0) is 11.2 Å². The van der Waals surface area contributed by atoms with Gasteiger partial charge in [-0.2, -0.15) is 0 Å². The number of nitrogens with one attached hydrogen (secondary N) is 1. The van der Waals surface area contributed by atoms with Crippen LogP contribution >= 0.6 is 35.3 Å². The van der Waals surface area contributed by atoms with Crippen LogP contribution in [0, 0.1) is 5.92 Å². The molecule has 0 bridgehead atoms. The average Bonchev–Trinajstić information content (AvgIpc) is 3.13. The number of thiophene rings is 1. The molecule has 0 saturated carbocycles. The summed E-state index contributed by atoms with van der Waals surface area (Å²) < 4.78 is 5.50. The molecule has 1 fully saturated rings. The van der Waals surface area contributed by atoms with Crippen LogP contribution in [0.5, 0.6) is 0 Å². The molecule has 1 aliphatic rings. The van der Waals surface area contributed by atoms with E-state index in [1.54, 1.807) is 0 Å². The Bertz CT molecular complexity index is 504. The molecule has 2 rings (SSSR count). The van der Waals surface area contributed by atoms with E-state index in [-0.39, 0.29) is 24.0 Å². The molecule has 0 aromatic carbocycles. The molecule has 1 N–H and O–H groups in total. The molecule has 0 spiro atoms. The van der Waals surface area contributed by atoms with Crippen LogP contribution in [0.4, 0.5) is 0 Å². The van der Waals surface area contributed by atoms with Gasteiger partial charge in [-0.15, -0.1) is 35.3 Å². The first-order chi connectivity index (χ1) is 12.1. The minimum Gasteiger partial charge on any atom is -0.379 e. The lowest BCUT2D eigenvalue weighted by Crippen LogP contribution is -2.48. The van der Waals surface area contributed by atoms with E-state index < -0.39 is 0 Å². The summed E-state index contributed by atoms with van der Waals surface area (Å²) in [6, 6.07) is 4.80. The largest absolute Gasteiger partial charge is 0.379 e. The summed E-state index contributed by atoms with van der Waals surface area (Å²) >= 11 is 1.83. The Balaban J connectivity index is 0.00000338. The number of rotatable bonds is 8. The molecule has 1 aromatic rings. The minimum absolute atomic E-state index is 0. The Morgan fingerprint density at radius 2 is 2.12 bits per heavy atom. The molecule has 1 unspecified atom stereocenters. The number of ether oxygens (including phenoxy) is 1. The molecule has 0 amide bonds. The van der Waals surface area contributed by atoms with E-state index in [0.29, 0.717) is 12.0 Å². The third kappa shape index (κ3) is 7.70. The Labute approximate surface area is 180 Å². The number of halogens is 1. The minimum atomic E-state index is 0. The molecule has 2 heterocycles. The molecule has 1 saturated heterocycles. The van der Waals surface area contributed by atoms with Crippen molar-refractivity contribution >= 4 is 41.3 Å². The quantitative estimate of drug-likeness (QED) is 0.343. The van der Waals surface area contributed by atoms with Gasteiger partial charge in [0.2, 0.25) is 0 Å². The highest BCUT2D eigenvalue weighted by Crippen LogP contribution is 2.14. The highest BCUT2D eigenvalue weighted by molar-refractivity contribution is 14.0. The number of aliphatic imine (C=N–C) groups is 1. The van der Waals surface area contributed by atoms with E-state index in [4.69, 9.17) is 9.73 Å². The van der Waals surface area contributed by atoms with Gasteiger partial charge in [-0.05, 0) is 30.7 Å². The van der Waals surface area contributed by atoms with Crippen LogP contribution in [0.15, 0.2) is 22.5 Å². The number of nitrogens with zero attached hydrogens (tertiary/aromatic N) is 3. The molecule has 150 valence electrons. The second kappa shape index (κ2) is 12.9. The maximum atomic E-state index is 5.50. The van der Waals surface area contributed by atoms with E-state index in [0.717, 1.165) is 58.3 Å². The standard InChI is InChI=1S/C19H34N4OS.HI/c1-5-20-19(22(4)9-8-17-7-6-14-25-17)21-15-18(16(2)3)23-10-12-24-13-11-23;/h6-7,14,16,18H,5,8-13,15H2,1-4H3,(H,20,21);1H. The van der Waals surface area contributed by atoms with Crippen molar-refractivity contribution < 1.29 is 4.74 Å². The lowest BCUT2D eigenvalue weighted by atomic mass is 10.0. The summed E-state index contributed by atoms with van der Waals surface area (Å²) in [7, 11) is 2.13. The summed E-state index contributed by atoms with van der Waals surface area (Å²) in [6.45, 7) is 13.1. The van der Waals surface area contributed by atoms with Gasteiger partial charge in [0.25, 0.3) is 0 Å². The maximum absolute atomic E-state index is 5.50. The monoisotopic (exact) mass is 494 g/mol. The Kier molecular flexibility index (Phi) is 11.7. The fourth-order valence-electron chi connectivity index (χ4n) is 3.15. The molecule has 1 aliphatic heterocycles. The van der Waals surface area contributed by atoms with Crippen molar-refractivity contribution in [3.8, 4) is 0 Å². The van der Waals surface area contributed by atoms with E-state index in [9.17, 15) is 0 Å². The fourth-order valence-corrected chi connectivity index (χ4v) is 3.84. The van der Waals surface area contributed by atoms with Gasteiger partial charge in [-0.1, -0.05) is 19.9 Å². The average molecular weight is 494 g/mol. The molecular weight excluding hydrogens is 459 g/mol. The molecule has 5 nitrogen and oxygen atoms in total. The van der Waals surface area contributed by atoms with Crippen LogP contribution in [0.1, 0.15) is 25.6 Å². The predicted molar refractivity (Wildman–Crippen MR) is 123 cm³/mol. The number of guanidine groups is 1. The molecular formula is C19H35IN4OS. The lowest BCUT2D eigenvalue weighted by Gasteiger charge is -2.36. The van der Waals surface area contributed by atoms with E-state index in [2.05, 4.69) is 60.4 Å². The molecule has 1 atom stereocenters. The number of morpholine rings is 1. The summed E-state index contributed by atoms with van der Waals surface area (Å²) in [4.78, 5) is 11.2. The van der Waals surface area contributed by atoms with Crippen molar-refractivity contribution in [3.63, 3.8) is 0 Å². The molecule has 0 aliphatic carbocycles. The SMILES string of the molecule is CCNC(=NCC(C(C)C)N1CCOCC1)N(C)CCc1cccs1.I. The van der Waals surface area contributed by atoms with Gasteiger partial charge in [-0.3, -0.25) is 9.89 Å². The van der Waals surface area contributed by atoms with Gasteiger partial charge in [0.15, 0.2) is 5.96 Å². The Morgan fingerprint density at radius 1 is 1.38 bits per heavy atom. The van der Waals surface area contributed by atoms with Gasteiger partial charge < -0.3 is 15.0 Å². The van der Waals surface area contributed by atoms with Crippen LogP contribution in [0.3, 0.4) is 0 Å². The second-order valence-electron chi connectivity index (χ2n) is 6.91. The van der Waals surface area contributed by atoms with Crippen LogP contribution < -0.4 is 5.32 Å². The van der Waals surface area contributed by atoms with Gasteiger partial charge in [0.1, 0.15) is 0 Å². The van der Waals surface area contributed by atoms with Crippen molar-refractivity contribution in [1.29, 1.82) is 0 Å². The first-order valence-corrected chi connectivity index (χ1v) is 10.3. The third-order valence-electron chi connectivity index (χ3n) is 4.68. The van der Waals surface area contributed by atoms with Gasteiger partial charge in [-0.25, -0.2) is 0 Å². The lowest BCUT2D eigenvalue weighted by molar-refractivity contribution is 0.00863. The zero-order valence-electron chi connectivity index (χ0n) is 16.6. The Hall–Kier alpha value is -0.380. The highest BCUT2D eigenvalue weighted by atomic mass is 127. The zero-order chi connectivity index (χ0) is 18.1. The van der Waals surface area contributed by atoms with Crippen LogP contribution in [0.2, 0.25) is 0 Å². The fraction of sp³-hybridized carbons (Fsp3) is 0.737. The van der Waals surface area contributed by atoms with Crippen molar-refractivity contribution in [2.24, 2.45) is 10.9 Å². The van der Waals surface area contributed by atoms with E-state index in [1.807, 2.05) is 11.3 Å². The molecule has 0 radical (unpaired) electrons. The first kappa shape index (κ1) is 23.7. The Morgan fingerprint density at radius 3 is 2.69 bits per heavy atom. The highest BCUT2D eigenvalue weighted by Gasteiger charge is 2.23. The summed E-state index contributed by atoms with van der Waals surface area (Å²) in [5, 5.41) is 5.59. The topological polar surface area (TPSA) is 40.1 Å². The molecule has 26 heavy (non-hydrogen) atoms. The van der Waals surface area contributed by atoms with Crippen LogP contribution in [0.25, 0.3) is 0 Å². The third-order valence-corrected chi connectivity index (χ3v) is 5.62. The van der Waals surface area contributed by atoms with Gasteiger partial charge in [0, 0.05) is 44.1 Å². The smallest absolute Gasteiger partial charge is 0.193 e. The van der Waals surface area contributed by atoms with Gasteiger partial charge >= 0.3 is 0 Å². The number of hydrogen-bond acceptors (Lipinski definition) is 4.